The summed E-state index contributed by atoms with van der Waals surface area (Å²) in [5, 5.41) is 0. The molecule has 0 N–H and O–H groups in total. The van der Waals surface area contributed by atoms with Gasteiger partial charge in [0.15, 0.2) is 0 Å². The van der Waals surface area contributed by atoms with Gasteiger partial charge in [-0.3, -0.25) is 0 Å². The maximum absolute atomic E-state index is 2.64. The molecular weight excluding hydrogens is 376 g/mol. The van der Waals surface area contributed by atoms with Crippen molar-refractivity contribution in [2.24, 2.45) is 0 Å². The Hall–Kier alpha value is -0.660. The van der Waals surface area contributed by atoms with Crippen molar-refractivity contribution in [3.63, 3.8) is 0 Å². The highest BCUT2D eigenvalue weighted by Crippen LogP contribution is 2.22. The monoisotopic (exact) mass is 434 g/mol. The fourth-order valence-corrected chi connectivity index (χ4v) is 5.03. The smallest absolute Gasteiger partial charge is 0.101 e. The van der Waals surface area contributed by atoms with Crippen molar-refractivity contribution in [1.29, 1.82) is 0 Å². The molecule has 0 bridgehead atoms. The van der Waals surface area contributed by atoms with Crippen LogP contribution in [0.15, 0.2) is 12.4 Å². The maximum Gasteiger partial charge on any atom is 0.101 e. The largest absolute Gasteiger partial charge is 0.356 e. The van der Waals surface area contributed by atoms with Crippen LogP contribution in [0.25, 0.3) is 0 Å². The van der Waals surface area contributed by atoms with Crippen LogP contribution < -0.4 is 0 Å². The van der Waals surface area contributed by atoms with Gasteiger partial charge in [0.1, 0.15) is 6.17 Å². The molecule has 1 heterocycles. The summed E-state index contributed by atoms with van der Waals surface area (Å²) in [7, 11) is 0. The lowest BCUT2D eigenvalue weighted by Crippen LogP contribution is -2.38. The molecule has 0 aromatic rings. The van der Waals surface area contributed by atoms with E-state index in [1.54, 1.807) is 0 Å². The van der Waals surface area contributed by atoms with Crippen molar-refractivity contribution in [2.75, 3.05) is 13.1 Å². The van der Waals surface area contributed by atoms with Crippen LogP contribution in [0.4, 0.5) is 0 Å². The topological polar surface area (TPSA) is 6.48 Å². The molecule has 0 radical (unpaired) electrons. The van der Waals surface area contributed by atoms with Crippen LogP contribution in [0.5, 0.6) is 0 Å². The number of hydrogen-bond acceptors (Lipinski definition) is 2. The molecule has 1 rings (SSSR count). The van der Waals surface area contributed by atoms with Crippen molar-refractivity contribution in [3.8, 4) is 0 Å². The summed E-state index contributed by atoms with van der Waals surface area (Å²) < 4.78 is 0. The van der Waals surface area contributed by atoms with Crippen LogP contribution in [0.2, 0.25) is 0 Å². The minimum absolute atomic E-state index is 0.637. The van der Waals surface area contributed by atoms with E-state index >= 15 is 0 Å². The minimum atomic E-state index is 0.637. The molecule has 0 fully saturated rings. The van der Waals surface area contributed by atoms with E-state index in [9.17, 15) is 0 Å². The Morgan fingerprint density at radius 2 is 0.839 bits per heavy atom. The molecule has 184 valence electrons. The molecule has 2 nitrogen and oxygen atoms in total. The predicted octanol–water partition coefficient (Wildman–Crippen LogP) is 9.65. The number of unbranched alkanes of at least 4 members (excludes halogenated alkanes) is 18. The molecule has 31 heavy (non-hydrogen) atoms. The first kappa shape index (κ1) is 28.4. The fraction of sp³-hybridized carbons (Fsp3) is 0.931. The molecule has 0 aromatic heterocycles. The average molecular weight is 435 g/mol. The number of hydrogen-bond donors (Lipinski definition) is 0. The highest BCUT2D eigenvalue weighted by atomic mass is 15.4. The van der Waals surface area contributed by atoms with Gasteiger partial charge in [0.2, 0.25) is 0 Å². The maximum atomic E-state index is 2.64. The van der Waals surface area contributed by atoms with E-state index in [0.717, 1.165) is 6.54 Å². The van der Waals surface area contributed by atoms with Gasteiger partial charge in [-0.15, -0.1) is 0 Å². The highest BCUT2D eigenvalue weighted by molar-refractivity contribution is 4.96. The van der Waals surface area contributed by atoms with E-state index in [0.29, 0.717) is 6.17 Å². The minimum Gasteiger partial charge on any atom is -0.356 e. The van der Waals surface area contributed by atoms with Crippen LogP contribution in [0, 0.1) is 0 Å². The lowest BCUT2D eigenvalue weighted by Gasteiger charge is -2.32. The van der Waals surface area contributed by atoms with Crippen LogP contribution in [-0.2, 0) is 0 Å². The molecule has 0 aliphatic carbocycles. The summed E-state index contributed by atoms with van der Waals surface area (Å²) >= 11 is 0. The second-order valence-corrected chi connectivity index (χ2v) is 10.00. The second kappa shape index (κ2) is 21.2. The molecule has 2 heteroatoms. The van der Waals surface area contributed by atoms with Crippen LogP contribution in [-0.4, -0.2) is 29.1 Å². The third-order valence-electron chi connectivity index (χ3n) is 7.17. The van der Waals surface area contributed by atoms with Gasteiger partial charge in [-0.05, 0) is 26.2 Å². The molecule has 0 saturated heterocycles. The first-order chi connectivity index (χ1) is 15.3. The van der Waals surface area contributed by atoms with Gasteiger partial charge >= 0.3 is 0 Å². The molecule has 1 atom stereocenters. The van der Waals surface area contributed by atoms with E-state index in [-0.39, 0.29) is 0 Å². The van der Waals surface area contributed by atoms with Crippen molar-refractivity contribution >= 4 is 0 Å². The van der Waals surface area contributed by atoms with Crippen LogP contribution in [0.3, 0.4) is 0 Å². The zero-order valence-corrected chi connectivity index (χ0v) is 21.9. The summed E-state index contributed by atoms with van der Waals surface area (Å²) in [5.74, 6) is 0. The van der Waals surface area contributed by atoms with Gasteiger partial charge in [-0.1, -0.05) is 129 Å². The Labute approximate surface area is 197 Å². The third-order valence-corrected chi connectivity index (χ3v) is 7.17. The average Bonchev–Trinajstić information content (AvgIpc) is 3.18. The molecular formula is C29H58N2. The van der Waals surface area contributed by atoms with E-state index < -0.39 is 0 Å². The van der Waals surface area contributed by atoms with Gasteiger partial charge in [0.05, 0.1) is 0 Å². The van der Waals surface area contributed by atoms with Crippen LogP contribution >= 0.6 is 0 Å². The summed E-state index contributed by atoms with van der Waals surface area (Å²) in [6.07, 6.45) is 35.3. The van der Waals surface area contributed by atoms with Crippen LogP contribution in [0.1, 0.15) is 156 Å². The Balaban J connectivity index is 2.03. The van der Waals surface area contributed by atoms with E-state index in [1.165, 1.54) is 141 Å². The van der Waals surface area contributed by atoms with E-state index in [1.807, 2.05) is 0 Å². The summed E-state index contributed by atoms with van der Waals surface area (Å²) in [4.78, 5) is 5.20. The third kappa shape index (κ3) is 14.9. The first-order valence-electron chi connectivity index (χ1n) is 14.5. The Morgan fingerprint density at radius 3 is 1.29 bits per heavy atom. The van der Waals surface area contributed by atoms with Crippen molar-refractivity contribution in [1.82, 2.24) is 9.80 Å². The zero-order valence-electron chi connectivity index (χ0n) is 21.9. The van der Waals surface area contributed by atoms with E-state index in [4.69, 9.17) is 0 Å². The second-order valence-electron chi connectivity index (χ2n) is 10.00. The fourth-order valence-electron chi connectivity index (χ4n) is 5.03. The SMILES string of the molecule is CCCCCCCCCCCCC1N(CC)C=CN1CCCCCCCCCCCC. The van der Waals surface area contributed by atoms with Crippen molar-refractivity contribution in [2.45, 2.75) is 162 Å². The molecule has 0 aromatic carbocycles. The Morgan fingerprint density at radius 1 is 0.452 bits per heavy atom. The number of nitrogens with zero attached hydrogens (tertiary/aromatic N) is 2. The van der Waals surface area contributed by atoms with Crippen molar-refractivity contribution < 1.29 is 0 Å². The standard InChI is InChI=1S/C29H58N2/c1-4-7-9-11-13-15-17-19-21-23-25-29-30(6-3)27-28-31(29)26-24-22-20-18-16-14-12-10-8-5-2/h27-29H,4-26H2,1-3H3. The normalized spacial score (nSPS) is 16.0. The first-order valence-corrected chi connectivity index (χ1v) is 14.5. The quantitative estimate of drug-likeness (QED) is 0.148. The van der Waals surface area contributed by atoms with Gasteiger partial charge in [-0.2, -0.15) is 0 Å². The summed E-state index contributed by atoms with van der Waals surface area (Å²) in [6.45, 7) is 9.31. The zero-order chi connectivity index (χ0) is 22.4. The molecule has 1 aliphatic rings. The van der Waals surface area contributed by atoms with Gasteiger partial charge < -0.3 is 9.80 Å². The Kier molecular flexibility index (Phi) is 19.4. The van der Waals surface area contributed by atoms with Gasteiger partial charge in [0, 0.05) is 25.5 Å². The molecule has 1 aliphatic heterocycles. The number of rotatable bonds is 23. The lowest BCUT2D eigenvalue weighted by atomic mass is 10.0. The van der Waals surface area contributed by atoms with E-state index in [2.05, 4.69) is 43.0 Å². The molecule has 0 saturated carbocycles. The van der Waals surface area contributed by atoms with Gasteiger partial charge in [0.25, 0.3) is 0 Å². The molecule has 0 amide bonds. The molecule has 0 spiro atoms. The molecule has 1 unspecified atom stereocenters. The summed E-state index contributed by atoms with van der Waals surface area (Å²) in [5.41, 5.74) is 0. The highest BCUT2D eigenvalue weighted by Gasteiger charge is 2.23. The summed E-state index contributed by atoms with van der Waals surface area (Å²) in [6, 6.07) is 0. The van der Waals surface area contributed by atoms with Crippen molar-refractivity contribution in [3.05, 3.63) is 12.4 Å². The van der Waals surface area contributed by atoms with Gasteiger partial charge in [-0.25, -0.2) is 0 Å². The lowest BCUT2D eigenvalue weighted by molar-refractivity contribution is 0.142. The predicted molar refractivity (Wildman–Crippen MR) is 140 cm³/mol. The Bertz CT molecular complexity index is 392.